The molecule has 20 heavy (non-hydrogen) atoms. The van der Waals surface area contributed by atoms with Crippen molar-refractivity contribution in [2.75, 3.05) is 17.7 Å². The Morgan fingerprint density at radius 1 is 1.30 bits per heavy atom. The van der Waals surface area contributed by atoms with Crippen LogP contribution in [-0.2, 0) is 4.79 Å². The Balaban J connectivity index is 1.94. The number of nitrogens with one attached hydrogen (secondary N) is 1. The third-order valence-electron chi connectivity index (χ3n) is 2.73. The molecule has 2 aromatic rings. The summed E-state index contributed by atoms with van der Waals surface area (Å²) < 4.78 is 5.37. The Kier molecular flexibility index (Phi) is 4.48. The van der Waals surface area contributed by atoms with E-state index >= 15 is 0 Å². The van der Waals surface area contributed by atoms with Crippen molar-refractivity contribution >= 4 is 28.9 Å². The molecule has 0 bridgehead atoms. The Bertz CT molecular complexity index is 629. The lowest BCUT2D eigenvalue weighted by Crippen LogP contribution is -2.20. The summed E-state index contributed by atoms with van der Waals surface area (Å²) >= 11 is 5.96. The van der Waals surface area contributed by atoms with Crippen molar-refractivity contribution in [3.05, 3.63) is 53.1 Å². The van der Waals surface area contributed by atoms with Gasteiger partial charge in [-0.1, -0.05) is 29.8 Å². The molecule has 3 N–H and O–H groups in total. The second kappa shape index (κ2) is 6.30. The minimum Gasteiger partial charge on any atom is -0.482 e. The van der Waals surface area contributed by atoms with E-state index in [2.05, 4.69) is 5.32 Å². The number of hydrogen-bond donors (Lipinski definition) is 2. The van der Waals surface area contributed by atoms with Gasteiger partial charge in [0.25, 0.3) is 5.91 Å². The number of aryl methyl sites for hydroxylation is 1. The monoisotopic (exact) mass is 290 g/mol. The maximum Gasteiger partial charge on any atom is 0.262 e. The summed E-state index contributed by atoms with van der Waals surface area (Å²) in [6, 6.07) is 12.4. The van der Waals surface area contributed by atoms with Gasteiger partial charge in [0, 0.05) is 11.4 Å². The highest BCUT2D eigenvalue weighted by atomic mass is 35.5. The zero-order chi connectivity index (χ0) is 14.5. The molecular weight excluding hydrogens is 276 g/mol. The molecule has 0 aromatic heterocycles. The zero-order valence-electron chi connectivity index (χ0n) is 11.0. The molecule has 0 heterocycles. The number of benzene rings is 2. The molecular formula is C15H15ClN2O2. The summed E-state index contributed by atoms with van der Waals surface area (Å²) in [6.07, 6.45) is 0. The number of nitrogens with two attached hydrogens (primary N) is 1. The lowest BCUT2D eigenvalue weighted by atomic mass is 10.2. The van der Waals surface area contributed by atoms with Crippen molar-refractivity contribution in [2.24, 2.45) is 0 Å². The van der Waals surface area contributed by atoms with Gasteiger partial charge in [0.05, 0.1) is 5.02 Å². The second-order valence-corrected chi connectivity index (χ2v) is 4.75. The maximum absolute atomic E-state index is 11.8. The molecule has 0 aliphatic carbocycles. The molecule has 0 radical (unpaired) electrons. The second-order valence-electron chi connectivity index (χ2n) is 4.34. The first-order valence-electron chi connectivity index (χ1n) is 6.09. The van der Waals surface area contributed by atoms with Crippen molar-refractivity contribution < 1.29 is 9.53 Å². The van der Waals surface area contributed by atoms with E-state index < -0.39 is 0 Å². The first-order chi connectivity index (χ1) is 9.56. The molecule has 2 rings (SSSR count). The van der Waals surface area contributed by atoms with Gasteiger partial charge in [0.2, 0.25) is 0 Å². The maximum atomic E-state index is 11.8. The minimum atomic E-state index is -0.243. The van der Waals surface area contributed by atoms with Gasteiger partial charge in [0.15, 0.2) is 6.61 Å². The van der Waals surface area contributed by atoms with Gasteiger partial charge >= 0.3 is 0 Å². The fourth-order valence-corrected chi connectivity index (χ4v) is 1.92. The number of carbonyl (C=O) groups is 1. The van der Waals surface area contributed by atoms with Gasteiger partial charge in [0.1, 0.15) is 5.75 Å². The molecule has 5 heteroatoms. The van der Waals surface area contributed by atoms with Crippen LogP contribution in [0, 0.1) is 6.92 Å². The van der Waals surface area contributed by atoms with Crippen molar-refractivity contribution in [1.82, 2.24) is 0 Å². The lowest BCUT2D eigenvalue weighted by Gasteiger charge is -2.10. The van der Waals surface area contributed by atoms with E-state index in [0.717, 1.165) is 11.3 Å². The molecule has 1 amide bonds. The predicted octanol–water partition coefficient (Wildman–Crippen LogP) is 3.25. The van der Waals surface area contributed by atoms with Crippen LogP contribution < -0.4 is 15.8 Å². The molecule has 104 valence electrons. The summed E-state index contributed by atoms with van der Waals surface area (Å²) in [5, 5.41) is 3.16. The van der Waals surface area contributed by atoms with Crippen molar-refractivity contribution in [3.8, 4) is 5.75 Å². The molecule has 4 nitrogen and oxygen atoms in total. The normalized spacial score (nSPS) is 10.1. The van der Waals surface area contributed by atoms with Crippen LogP contribution in [0.2, 0.25) is 5.02 Å². The number of carbonyl (C=O) groups excluding carboxylic acids is 1. The molecule has 0 saturated carbocycles. The van der Waals surface area contributed by atoms with Crippen molar-refractivity contribution in [2.45, 2.75) is 6.92 Å². The number of nitrogen functional groups attached to an aromatic ring is 1. The van der Waals surface area contributed by atoms with E-state index in [-0.39, 0.29) is 12.5 Å². The Morgan fingerprint density at radius 3 is 2.75 bits per heavy atom. The highest BCUT2D eigenvalue weighted by Crippen LogP contribution is 2.26. The standard InChI is InChI=1S/C15H15ClN2O2/c1-10-4-2-3-5-13(10)18-15(19)9-20-14-7-6-11(17)8-12(14)16/h2-8H,9,17H2,1H3,(H,18,19). The number of ether oxygens (including phenoxy) is 1. The molecule has 0 fully saturated rings. The highest BCUT2D eigenvalue weighted by Gasteiger charge is 2.07. The van der Waals surface area contributed by atoms with E-state index in [0.29, 0.717) is 16.5 Å². The molecule has 0 spiro atoms. The van der Waals surface area contributed by atoms with Gasteiger partial charge in [-0.05, 0) is 36.8 Å². The van der Waals surface area contributed by atoms with Gasteiger partial charge in [-0.15, -0.1) is 0 Å². The van der Waals surface area contributed by atoms with Crippen molar-refractivity contribution in [3.63, 3.8) is 0 Å². The molecule has 0 atom stereocenters. The van der Waals surface area contributed by atoms with Crippen molar-refractivity contribution in [1.29, 1.82) is 0 Å². The van der Waals surface area contributed by atoms with Crippen LogP contribution >= 0.6 is 11.6 Å². The summed E-state index contributed by atoms with van der Waals surface area (Å²) in [5.74, 6) is 0.188. The lowest BCUT2D eigenvalue weighted by molar-refractivity contribution is -0.118. The number of hydrogen-bond acceptors (Lipinski definition) is 3. The Morgan fingerprint density at radius 2 is 2.05 bits per heavy atom. The Hall–Kier alpha value is -2.20. The quantitative estimate of drug-likeness (QED) is 0.850. The molecule has 0 unspecified atom stereocenters. The summed E-state index contributed by atoms with van der Waals surface area (Å²) in [4.78, 5) is 11.8. The van der Waals surface area contributed by atoms with Gasteiger partial charge in [-0.2, -0.15) is 0 Å². The average Bonchev–Trinajstić information content (AvgIpc) is 2.40. The molecule has 0 aliphatic rings. The van der Waals surface area contributed by atoms with E-state index in [1.54, 1.807) is 18.2 Å². The van der Waals surface area contributed by atoms with Gasteiger partial charge < -0.3 is 15.8 Å². The third kappa shape index (κ3) is 3.65. The zero-order valence-corrected chi connectivity index (χ0v) is 11.8. The van der Waals surface area contributed by atoms with E-state index in [4.69, 9.17) is 22.1 Å². The minimum absolute atomic E-state index is 0.113. The third-order valence-corrected chi connectivity index (χ3v) is 3.03. The SMILES string of the molecule is Cc1ccccc1NC(=O)COc1ccc(N)cc1Cl. The summed E-state index contributed by atoms with van der Waals surface area (Å²) in [5.41, 5.74) is 7.89. The van der Waals surface area contributed by atoms with Crippen LogP contribution in [0.1, 0.15) is 5.56 Å². The number of anilines is 2. The fourth-order valence-electron chi connectivity index (χ4n) is 1.68. The van der Waals surface area contributed by atoms with Gasteiger partial charge in [-0.25, -0.2) is 0 Å². The van der Waals surface area contributed by atoms with Crippen LogP contribution in [-0.4, -0.2) is 12.5 Å². The number of halogens is 1. The van der Waals surface area contributed by atoms with Gasteiger partial charge in [-0.3, -0.25) is 4.79 Å². The first kappa shape index (κ1) is 14.2. The topological polar surface area (TPSA) is 64.3 Å². The van der Waals surface area contributed by atoms with Crippen LogP contribution in [0.15, 0.2) is 42.5 Å². The number of amides is 1. The predicted molar refractivity (Wildman–Crippen MR) is 81.2 cm³/mol. The van der Waals surface area contributed by atoms with Crippen LogP contribution in [0.25, 0.3) is 0 Å². The highest BCUT2D eigenvalue weighted by molar-refractivity contribution is 6.32. The molecule has 0 aliphatic heterocycles. The molecule has 2 aromatic carbocycles. The summed E-state index contributed by atoms with van der Waals surface area (Å²) in [6.45, 7) is 1.81. The fraction of sp³-hybridized carbons (Fsp3) is 0.133. The number of para-hydroxylation sites is 1. The molecule has 0 saturated heterocycles. The number of rotatable bonds is 4. The summed E-state index contributed by atoms with van der Waals surface area (Å²) in [7, 11) is 0. The smallest absolute Gasteiger partial charge is 0.262 e. The van der Waals surface area contributed by atoms with E-state index in [1.165, 1.54) is 0 Å². The van der Waals surface area contributed by atoms with E-state index in [1.807, 2.05) is 31.2 Å². The first-order valence-corrected chi connectivity index (χ1v) is 6.47. The van der Waals surface area contributed by atoms with Crippen LogP contribution in [0.3, 0.4) is 0 Å². The Labute approximate surface area is 122 Å². The van der Waals surface area contributed by atoms with Crippen LogP contribution in [0.5, 0.6) is 5.75 Å². The largest absolute Gasteiger partial charge is 0.482 e. The average molecular weight is 291 g/mol. The van der Waals surface area contributed by atoms with E-state index in [9.17, 15) is 4.79 Å². The van der Waals surface area contributed by atoms with Crippen LogP contribution in [0.4, 0.5) is 11.4 Å².